The molecule has 5 amide bonds. The number of carbonyl (C=O) groups excluding carboxylic acids is 5. The maximum Gasteiger partial charge on any atom is 0.329 e. The van der Waals surface area contributed by atoms with Crippen LogP contribution < -0.4 is 20.3 Å². The van der Waals surface area contributed by atoms with Crippen molar-refractivity contribution in [3.63, 3.8) is 0 Å². The number of urea groups is 1. The van der Waals surface area contributed by atoms with Crippen molar-refractivity contribution in [3.8, 4) is 5.75 Å². The summed E-state index contributed by atoms with van der Waals surface area (Å²) in [7, 11) is 1.50. The van der Waals surface area contributed by atoms with Gasteiger partial charge in [0.25, 0.3) is 11.8 Å². The number of methoxy groups -OCH3 is 1. The Morgan fingerprint density at radius 2 is 2.00 bits per heavy atom. The standard InChI is InChI=1S/C27H25N5O8/c1-3-39-24(35)18-6-9-22(33)32(18)21-8-7-19-17(28-21)11-20(40-19)27(25(36)29-26(37)30-27)13-31-12-14-4-5-15(38-2)10-16(14)23(31)34/h4-5,7-8,10-11,18H,3,6,9,12-13H2,1-2H3,(H2,29,30,36,37)/t18-,27+/m1/s1. The fourth-order valence-corrected chi connectivity index (χ4v) is 5.43. The number of aromatic nitrogens is 1. The number of benzene rings is 1. The lowest BCUT2D eigenvalue weighted by molar-refractivity contribution is -0.144. The fraction of sp³-hybridized carbons (Fsp3) is 0.333. The van der Waals surface area contributed by atoms with E-state index in [1.165, 1.54) is 23.0 Å². The highest BCUT2D eigenvalue weighted by Gasteiger charge is 2.53. The Balaban J connectivity index is 1.35. The van der Waals surface area contributed by atoms with Crippen molar-refractivity contribution in [2.24, 2.45) is 0 Å². The fourth-order valence-electron chi connectivity index (χ4n) is 5.43. The summed E-state index contributed by atoms with van der Waals surface area (Å²) in [5.41, 5.74) is 0.0575. The molecule has 6 rings (SSSR count). The van der Waals surface area contributed by atoms with Gasteiger partial charge in [0.05, 0.1) is 20.3 Å². The van der Waals surface area contributed by atoms with Gasteiger partial charge in [-0.2, -0.15) is 0 Å². The molecule has 0 unspecified atom stereocenters. The number of pyridine rings is 1. The number of hydrogen-bond acceptors (Lipinski definition) is 9. The number of carbonyl (C=O) groups is 5. The van der Waals surface area contributed by atoms with Gasteiger partial charge in [-0.25, -0.2) is 14.6 Å². The SMILES string of the molecule is CCOC(=O)[C@H]1CCC(=O)N1c1ccc2oc([C@]3(CN4Cc5ccc(OC)cc5C4=O)NC(=O)NC3=O)cc2n1. The zero-order valence-corrected chi connectivity index (χ0v) is 21.7. The van der Waals surface area contributed by atoms with Crippen LogP contribution in [0.25, 0.3) is 11.1 Å². The molecule has 2 aromatic heterocycles. The molecule has 2 fully saturated rings. The normalized spacial score (nSPS) is 22.1. The Kier molecular flexibility index (Phi) is 5.93. The molecule has 2 saturated heterocycles. The van der Waals surface area contributed by atoms with Crippen LogP contribution in [0.4, 0.5) is 10.6 Å². The van der Waals surface area contributed by atoms with Crippen LogP contribution in [0.1, 0.15) is 41.4 Å². The molecular formula is C27H25N5O8. The quantitative estimate of drug-likeness (QED) is 0.331. The third-order valence-corrected chi connectivity index (χ3v) is 7.36. The van der Waals surface area contributed by atoms with Crippen molar-refractivity contribution < 1.29 is 37.9 Å². The zero-order chi connectivity index (χ0) is 28.2. The number of imide groups is 1. The van der Waals surface area contributed by atoms with Crippen LogP contribution in [0.3, 0.4) is 0 Å². The van der Waals surface area contributed by atoms with Crippen LogP contribution in [-0.2, 0) is 31.2 Å². The number of furan rings is 1. The van der Waals surface area contributed by atoms with Crippen LogP contribution in [0.2, 0.25) is 0 Å². The van der Waals surface area contributed by atoms with E-state index in [0.717, 1.165) is 5.56 Å². The predicted molar refractivity (Wildman–Crippen MR) is 137 cm³/mol. The van der Waals surface area contributed by atoms with Crippen molar-refractivity contribution in [2.45, 2.75) is 37.9 Å². The van der Waals surface area contributed by atoms with E-state index >= 15 is 0 Å². The minimum Gasteiger partial charge on any atom is -0.497 e. The van der Waals surface area contributed by atoms with Crippen LogP contribution in [0.15, 0.2) is 40.8 Å². The average Bonchev–Trinajstić information content (AvgIpc) is 3.68. The van der Waals surface area contributed by atoms with Crippen molar-refractivity contribution in [2.75, 3.05) is 25.2 Å². The summed E-state index contributed by atoms with van der Waals surface area (Å²) in [6.45, 7) is 1.89. The Hall–Kier alpha value is -4.94. The summed E-state index contributed by atoms with van der Waals surface area (Å²) >= 11 is 0. The van der Waals surface area contributed by atoms with Gasteiger partial charge < -0.3 is 24.1 Å². The number of esters is 1. The van der Waals surface area contributed by atoms with Gasteiger partial charge in [0, 0.05) is 24.6 Å². The first-order valence-electron chi connectivity index (χ1n) is 12.7. The van der Waals surface area contributed by atoms with E-state index in [-0.39, 0.29) is 55.1 Å². The molecule has 2 N–H and O–H groups in total. The molecule has 0 saturated carbocycles. The number of amides is 5. The van der Waals surface area contributed by atoms with Gasteiger partial charge in [0.2, 0.25) is 5.91 Å². The van der Waals surface area contributed by atoms with Crippen molar-refractivity contribution in [1.82, 2.24) is 20.5 Å². The van der Waals surface area contributed by atoms with Crippen LogP contribution in [-0.4, -0.2) is 65.9 Å². The molecule has 13 nitrogen and oxygen atoms in total. The number of rotatable bonds is 7. The van der Waals surface area contributed by atoms with Crippen LogP contribution in [0, 0.1) is 0 Å². The number of ether oxygens (including phenoxy) is 2. The van der Waals surface area contributed by atoms with E-state index in [2.05, 4.69) is 15.6 Å². The molecular weight excluding hydrogens is 522 g/mol. The number of anilines is 1. The maximum atomic E-state index is 13.2. The molecule has 1 aromatic carbocycles. The van der Waals surface area contributed by atoms with E-state index in [1.54, 1.807) is 37.3 Å². The minimum atomic E-state index is -1.73. The number of nitrogens with zero attached hydrogens (tertiary/aromatic N) is 3. The maximum absolute atomic E-state index is 13.2. The summed E-state index contributed by atoms with van der Waals surface area (Å²) in [6.07, 6.45) is 0.481. The minimum absolute atomic E-state index is 0.0616. The third kappa shape index (κ3) is 3.92. The van der Waals surface area contributed by atoms with Gasteiger partial charge in [-0.1, -0.05) is 6.07 Å². The molecule has 3 aromatic rings. The molecule has 40 heavy (non-hydrogen) atoms. The number of fused-ring (bicyclic) bond motifs is 2. The monoisotopic (exact) mass is 547 g/mol. The Labute approximate surface area is 227 Å². The number of hydrogen-bond donors (Lipinski definition) is 2. The first-order valence-corrected chi connectivity index (χ1v) is 12.7. The summed E-state index contributed by atoms with van der Waals surface area (Å²) < 4.78 is 16.4. The molecule has 3 aliphatic rings. The summed E-state index contributed by atoms with van der Waals surface area (Å²) in [5.74, 6) is -0.972. The second kappa shape index (κ2) is 9.36. The Morgan fingerprint density at radius 3 is 2.73 bits per heavy atom. The lowest BCUT2D eigenvalue weighted by Gasteiger charge is -2.28. The molecule has 13 heteroatoms. The van der Waals surface area contributed by atoms with Crippen LogP contribution in [0.5, 0.6) is 5.75 Å². The largest absolute Gasteiger partial charge is 0.497 e. The van der Waals surface area contributed by atoms with E-state index in [9.17, 15) is 24.0 Å². The third-order valence-electron chi connectivity index (χ3n) is 7.36. The van der Waals surface area contributed by atoms with Crippen molar-refractivity contribution in [3.05, 3.63) is 53.3 Å². The van der Waals surface area contributed by atoms with Gasteiger partial charge in [-0.3, -0.25) is 24.6 Å². The molecule has 0 bridgehead atoms. The molecule has 0 aliphatic carbocycles. The summed E-state index contributed by atoms with van der Waals surface area (Å²) in [6, 6.07) is 8.23. The second-order valence-corrected chi connectivity index (χ2v) is 9.73. The second-order valence-electron chi connectivity index (χ2n) is 9.73. The van der Waals surface area contributed by atoms with E-state index in [0.29, 0.717) is 23.3 Å². The van der Waals surface area contributed by atoms with Crippen molar-refractivity contribution in [1.29, 1.82) is 0 Å². The highest BCUT2D eigenvalue weighted by atomic mass is 16.5. The van der Waals surface area contributed by atoms with E-state index in [4.69, 9.17) is 13.9 Å². The number of nitrogens with one attached hydrogen (secondary N) is 2. The Bertz CT molecular complexity index is 1600. The van der Waals surface area contributed by atoms with Crippen molar-refractivity contribution >= 4 is 46.6 Å². The Morgan fingerprint density at radius 1 is 1.18 bits per heavy atom. The predicted octanol–water partition coefficient (Wildman–Crippen LogP) is 1.59. The first-order chi connectivity index (χ1) is 19.2. The zero-order valence-electron chi connectivity index (χ0n) is 21.7. The average molecular weight is 548 g/mol. The molecule has 206 valence electrons. The van der Waals surface area contributed by atoms with Gasteiger partial charge in [0.15, 0.2) is 11.1 Å². The molecule has 0 spiro atoms. The van der Waals surface area contributed by atoms with Gasteiger partial charge in [-0.05, 0) is 43.2 Å². The molecule has 3 aliphatic heterocycles. The first kappa shape index (κ1) is 25.3. The van der Waals surface area contributed by atoms with E-state index < -0.39 is 29.5 Å². The highest BCUT2D eigenvalue weighted by molar-refractivity contribution is 6.08. The van der Waals surface area contributed by atoms with Gasteiger partial charge in [0.1, 0.15) is 28.9 Å². The lowest BCUT2D eigenvalue weighted by atomic mass is 9.95. The summed E-state index contributed by atoms with van der Waals surface area (Å²) in [5, 5.41) is 4.88. The lowest BCUT2D eigenvalue weighted by Crippen LogP contribution is -2.52. The van der Waals surface area contributed by atoms with Crippen LogP contribution >= 0.6 is 0 Å². The van der Waals surface area contributed by atoms with Gasteiger partial charge >= 0.3 is 12.0 Å². The topological polar surface area (TPSA) is 160 Å². The molecule has 2 atom stereocenters. The van der Waals surface area contributed by atoms with E-state index in [1.807, 2.05) is 0 Å². The molecule has 0 radical (unpaired) electrons. The summed E-state index contributed by atoms with van der Waals surface area (Å²) in [4.78, 5) is 71.2. The van der Waals surface area contributed by atoms with Gasteiger partial charge in [-0.15, -0.1) is 0 Å². The smallest absolute Gasteiger partial charge is 0.329 e. The molecule has 5 heterocycles. The highest BCUT2D eigenvalue weighted by Crippen LogP contribution is 2.36.